The van der Waals surface area contributed by atoms with Crippen LogP contribution in [0.3, 0.4) is 0 Å². The van der Waals surface area contributed by atoms with E-state index in [2.05, 4.69) is 34.0 Å². The van der Waals surface area contributed by atoms with Crippen molar-refractivity contribution in [3.63, 3.8) is 0 Å². The highest BCUT2D eigenvalue weighted by atomic mass is 16.5. The Morgan fingerprint density at radius 1 is 1.12 bits per heavy atom. The molecule has 0 aliphatic rings. The summed E-state index contributed by atoms with van der Waals surface area (Å²) >= 11 is 0. The first-order chi connectivity index (χ1) is 12.8. The quantitative estimate of drug-likeness (QED) is 0.623. The topological polar surface area (TPSA) is 63.4 Å². The van der Waals surface area contributed by atoms with E-state index in [1.807, 2.05) is 42.5 Å². The van der Waals surface area contributed by atoms with Crippen LogP contribution in [0.1, 0.15) is 13.8 Å². The third-order valence-electron chi connectivity index (χ3n) is 4.09. The van der Waals surface area contributed by atoms with Gasteiger partial charge in [0, 0.05) is 24.5 Å². The molecule has 1 aromatic carbocycles. The molecule has 0 saturated heterocycles. The summed E-state index contributed by atoms with van der Waals surface area (Å²) in [7, 11) is 0. The first kappa shape index (κ1) is 17.9. The molecule has 0 aliphatic heterocycles. The summed E-state index contributed by atoms with van der Waals surface area (Å²) in [4.78, 5) is 11.1. The fourth-order valence-corrected chi connectivity index (χ4v) is 2.61. The Bertz CT molecular complexity index is 801. The normalized spacial score (nSPS) is 10.9. The van der Waals surface area contributed by atoms with Crippen LogP contribution in [-0.4, -0.2) is 41.1 Å². The zero-order valence-electron chi connectivity index (χ0n) is 15.2. The van der Waals surface area contributed by atoms with Crippen molar-refractivity contribution >= 4 is 11.6 Å². The van der Waals surface area contributed by atoms with E-state index in [9.17, 15) is 0 Å². The Labute approximate surface area is 153 Å². The van der Waals surface area contributed by atoms with Gasteiger partial charge in [-0.05, 0) is 43.4 Å². The average molecular weight is 352 g/mol. The number of rotatable bonds is 9. The second kappa shape index (κ2) is 9.01. The lowest BCUT2D eigenvalue weighted by Gasteiger charge is -2.18. The van der Waals surface area contributed by atoms with Crippen LogP contribution in [0.5, 0.6) is 5.75 Å². The number of hydrogen-bond acceptors (Lipinski definition) is 6. The number of benzene rings is 1. The molecule has 0 spiro atoms. The molecule has 3 aromatic rings. The molecule has 0 aliphatic carbocycles. The molecular formula is C20H24N4O2. The van der Waals surface area contributed by atoms with Crippen molar-refractivity contribution < 1.29 is 9.15 Å². The van der Waals surface area contributed by atoms with Gasteiger partial charge in [0.1, 0.15) is 18.1 Å². The number of nitrogens with zero attached hydrogens (tertiary/aromatic N) is 3. The van der Waals surface area contributed by atoms with E-state index < -0.39 is 0 Å². The van der Waals surface area contributed by atoms with E-state index in [0.29, 0.717) is 18.3 Å². The third kappa shape index (κ3) is 4.83. The van der Waals surface area contributed by atoms with Gasteiger partial charge in [-0.1, -0.05) is 19.9 Å². The van der Waals surface area contributed by atoms with Gasteiger partial charge in [-0.25, -0.2) is 9.97 Å². The predicted molar refractivity (Wildman–Crippen MR) is 103 cm³/mol. The van der Waals surface area contributed by atoms with Crippen molar-refractivity contribution in [2.24, 2.45) is 0 Å². The van der Waals surface area contributed by atoms with Crippen molar-refractivity contribution in [3.8, 4) is 17.2 Å². The highest BCUT2D eigenvalue weighted by Gasteiger charge is 2.06. The summed E-state index contributed by atoms with van der Waals surface area (Å²) in [6.07, 6.45) is 3.33. The fraction of sp³-hybridized carbons (Fsp3) is 0.300. The third-order valence-corrected chi connectivity index (χ3v) is 4.09. The van der Waals surface area contributed by atoms with Gasteiger partial charge in [0.2, 0.25) is 5.95 Å². The van der Waals surface area contributed by atoms with Gasteiger partial charge < -0.3 is 19.4 Å². The number of anilines is 2. The Hall–Kier alpha value is -2.86. The molecule has 1 N–H and O–H groups in total. The Morgan fingerprint density at radius 2 is 2.00 bits per heavy atom. The summed E-state index contributed by atoms with van der Waals surface area (Å²) in [5.74, 6) is 2.05. The molecule has 6 heteroatoms. The number of furan rings is 1. The standard InChI is InChI=1S/C20H24N4O2/c1-3-24(4-2)12-14-25-17-8-5-7-16(15-17)22-20-21-11-10-18(23-20)19-9-6-13-26-19/h5-11,13,15H,3-4,12,14H2,1-2H3,(H,21,22,23). The van der Waals surface area contributed by atoms with Gasteiger partial charge in [-0.15, -0.1) is 0 Å². The van der Waals surface area contributed by atoms with Crippen molar-refractivity contribution in [3.05, 3.63) is 54.9 Å². The minimum atomic E-state index is 0.513. The largest absolute Gasteiger partial charge is 0.492 e. The van der Waals surface area contributed by atoms with E-state index in [0.717, 1.165) is 36.8 Å². The Balaban J connectivity index is 1.63. The van der Waals surface area contributed by atoms with Gasteiger partial charge in [-0.2, -0.15) is 0 Å². The van der Waals surface area contributed by atoms with Crippen molar-refractivity contribution in [1.82, 2.24) is 14.9 Å². The van der Waals surface area contributed by atoms with Gasteiger partial charge in [0.05, 0.1) is 6.26 Å². The average Bonchev–Trinajstić information content (AvgIpc) is 3.21. The summed E-state index contributed by atoms with van der Waals surface area (Å²) in [5, 5.41) is 3.21. The lowest BCUT2D eigenvalue weighted by molar-refractivity contribution is 0.223. The van der Waals surface area contributed by atoms with E-state index in [-0.39, 0.29) is 0 Å². The molecule has 0 saturated carbocycles. The molecule has 2 heterocycles. The number of likely N-dealkylation sites (N-methyl/N-ethyl adjacent to an activating group) is 1. The monoisotopic (exact) mass is 352 g/mol. The first-order valence-corrected chi connectivity index (χ1v) is 8.87. The second-order valence-electron chi connectivity index (χ2n) is 5.77. The van der Waals surface area contributed by atoms with Crippen LogP contribution in [0, 0.1) is 0 Å². The smallest absolute Gasteiger partial charge is 0.227 e. The van der Waals surface area contributed by atoms with Crippen LogP contribution in [0.15, 0.2) is 59.3 Å². The van der Waals surface area contributed by atoms with Crippen LogP contribution < -0.4 is 10.1 Å². The van der Waals surface area contributed by atoms with Crippen molar-refractivity contribution in [2.45, 2.75) is 13.8 Å². The maximum Gasteiger partial charge on any atom is 0.227 e. The minimum absolute atomic E-state index is 0.513. The Morgan fingerprint density at radius 3 is 2.77 bits per heavy atom. The number of ether oxygens (including phenoxy) is 1. The maximum atomic E-state index is 5.86. The zero-order valence-corrected chi connectivity index (χ0v) is 15.2. The lowest BCUT2D eigenvalue weighted by Crippen LogP contribution is -2.27. The van der Waals surface area contributed by atoms with E-state index >= 15 is 0 Å². The van der Waals surface area contributed by atoms with Crippen LogP contribution in [0.2, 0.25) is 0 Å². The molecule has 0 fully saturated rings. The van der Waals surface area contributed by atoms with Crippen molar-refractivity contribution in [2.75, 3.05) is 31.6 Å². The molecule has 0 radical (unpaired) electrons. The van der Waals surface area contributed by atoms with Gasteiger partial charge in [0.15, 0.2) is 5.76 Å². The maximum absolute atomic E-state index is 5.86. The molecule has 2 aromatic heterocycles. The van der Waals surface area contributed by atoms with E-state index in [4.69, 9.17) is 9.15 Å². The van der Waals surface area contributed by atoms with Crippen LogP contribution >= 0.6 is 0 Å². The van der Waals surface area contributed by atoms with Crippen LogP contribution in [0.25, 0.3) is 11.5 Å². The predicted octanol–water partition coefficient (Wildman–Crippen LogP) is 4.20. The number of hydrogen-bond donors (Lipinski definition) is 1. The molecule has 0 bridgehead atoms. The Kier molecular flexibility index (Phi) is 6.22. The molecule has 3 rings (SSSR count). The molecular weight excluding hydrogens is 328 g/mol. The molecule has 0 unspecified atom stereocenters. The van der Waals surface area contributed by atoms with E-state index in [1.54, 1.807) is 12.5 Å². The molecule has 26 heavy (non-hydrogen) atoms. The molecule has 0 atom stereocenters. The van der Waals surface area contributed by atoms with Crippen LogP contribution in [-0.2, 0) is 0 Å². The summed E-state index contributed by atoms with van der Waals surface area (Å²) < 4.78 is 11.2. The number of aromatic nitrogens is 2. The van der Waals surface area contributed by atoms with Gasteiger partial charge in [0.25, 0.3) is 0 Å². The molecule has 0 amide bonds. The molecule has 136 valence electrons. The van der Waals surface area contributed by atoms with Crippen molar-refractivity contribution in [1.29, 1.82) is 0 Å². The lowest BCUT2D eigenvalue weighted by atomic mass is 10.3. The van der Waals surface area contributed by atoms with E-state index in [1.165, 1.54) is 0 Å². The van der Waals surface area contributed by atoms with Gasteiger partial charge in [-0.3, -0.25) is 0 Å². The second-order valence-corrected chi connectivity index (χ2v) is 5.77. The summed E-state index contributed by atoms with van der Waals surface area (Å²) in [5.41, 5.74) is 1.61. The first-order valence-electron chi connectivity index (χ1n) is 8.87. The number of nitrogens with one attached hydrogen (secondary N) is 1. The fourth-order valence-electron chi connectivity index (χ4n) is 2.61. The van der Waals surface area contributed by atoms with Gasteiger partial charge >= 0.3 is 0 Å². The van der Waals surface area contributed by atoms with Crippen LogP contribution in [0.4, 0.5) is 11.6 Å². The SMILES string of the molecule is CCN(CC)CCOc1cccc(Nc2nccc(-c3ccco3)n2)c1. The minimum Gasteiger partial charge on any atom is -0.492 e. The summed E-state index contributed by atoms with van der Waals surface area (Å²) in [6, 6.07) is 13.3. The highest BCUT2D eigenvalue weighted by molar-refractivity contribution is 5.59. The zero-order chi connectivity index (χ0) is 18.2. The highest BCUT2D eigenvalue weighted by Crippen LogP contribution is 2.22. The molecule has 6 nitrogen and oxygen atoms in total. The summed E-state index contributed by atoms with van der Waals surface area (Å²) in [6.45, 7) is 7.96.